The maximum atomic E-state index is 5.21. The van der Waals surface area contributed by atoms with Gasteiger partial charge in [-0.3, -0.25) is 4.98 Å². The number of aromatic amines is 1. The van der Waals surface area contributed by atoms with Gasteiger partial charge in [0.2, 0.25) is 0 Å². The van der Waals surface area contributed by atoms with Crippen molar-refractivity contribution < 1.29 is 0 Å². The van der Waals surface area contributed by atoms with Crippen LogP contribution in [-0.2, 0) is 0 Å². The van der Waals surface area contributed by atoms with Gasteiger partial charge in [-0.2, -0.15) is 0 Å². The van der Waals surface area contributed by atoms with Crippen molar-refractivity contribution in [3.05, 3.63) is 72.7 Å². The summed E-state index contributed by atoms with van der Waals surface area (Å²) in [5.41, 5.74) is 5.97. The Morgan fingerprint density at radius 3 is 2.75 bits per heavy atom. The first-order valence-electron chi connectivity index (χ1n) is 12.5. The summed E-state index contributed by atoms with van der Waals surface area (Å²) in [6.45, 7) is 6.56. The molecule has 7 heteroatoms. The van der Waals surface area contributed by atoms with E-state index < -0.39 is 0 Å². The molecule has 4 aromatic heterocycles. The number of nitrogens with zero attached hydrogens (tertiary/aromatic N) is 4. The Bertz CT molecular complexity index is 1710. The molecule has 2 aliphatic rings. The third-order valence-electron chi connectivity index (χ3n) is 7.56. The zero-order valence-corrected chi connectivity index (χ0v) is 20.3. The van der Waals surface area contributed by atoms with E-state index in [4.69, 9.17) is 9.97 Å². The third-order valence-corrected chi connectivity index (χ3v) is 7.56. The van der Waals surface area contributed by atoms with Crippen molar-refractivity contribution in [2.24, 2.45) is 5.41 Å². The minimum absolute atomic E-state index is 0.0826. The average Bonchev–Trinajstić information content (AvgIpc) is 3.23. The normalized spacial score (nSPS) is 18.9. The van der Waals surface area contributed by atoms with Crippen LogP contribution >= 0.6 is 0 Å². The van der Waals surface area contributed by atoms with Crippen LogP contribution in [0.2, 0.25) is 0 Å². The molecule has 1 aliphatic carbocycles. The number of hydrogen-bond acceptors (Lipinski definition) is 6. The van der Waals surface area contributed by atoms with Crippen molar-refractivity contribution in [3.8, 4) is 11.4 Å². The summed E-state index contributed by atoms with van der Waals surface area (Å²) in [6.07, 6.45) is 12.9. The fourth-order valence-corrected chi connectivity index (χ4v) is 5.46. The molecule has 36 heavy (non-hydrogen) atoms. The van der Waals surface area contributed by atoms with Crippen molar-refractivity contribution in [1.29, 1.82) is 0 Å². The summed E-state index contributed by atoms with van der Waals surface area (Å²) in [5, 5.41) is 10.6. The van der Waals surface area contributed by atoms with Gasteiger partial charge in [-0.15, -0.1) is 0 Å². The van der Waals surface area contributed by atoms with Crippen LogP contribution in [0, 0.1) is 5.41 Å². The number of anilines is 1. The van der Waals surface area contributed by atoms with Crippen LogP contribution in [0.5, 0.6) is 0 Å². The van der Waals surface area contributed by atoms with E-state index in [0.717, 1.165) is 74.9 Å². The standard InChI is InChI=1S/C29H27N7/c1-29(2)16-30-12-11-23(29)35-28-25-20(17-6-5-7-17)14-31-15-22(25)34-26(36-28)19-10-13-32-27-24(19)18-8-3-4-9-21(18)33-27/h3-10,13-15,23,30H,11-12,16H2,1-2H3,(H,32,33)(H,34,35,36)/t23-/m0/s1. The molecule has 1 saturated heterocycles. The number of rotatable bonds is 4. The summed E-state index contributed by atoms with van der Waals surface area (Å²) in [7, 11) is 0. The minimum Gasteiger partial charge on any atom is -0.366 e. The Hall–Kier alpha value is -4.10. The molecule has 0 saturated carbocycles. The molecule has 1 aromatic carbocycles. The Balaban J connectivity index is 1.47. The van der Waals surface area contributed by atoms with Crippen molar-refractivity contribution in [2.75, 3.05) is 18.4 Å². The van der Waals surface area contributed by atoms with Crippen molar-refractivity contribution in [3.63, 3.8) is 0 Å². The lowest BCUT2D eigenvalue weighted by molar-refractivity contribution is 0.236. The number of hydrogen-bond donors (Lipinski definition) is 3. The first kappa shape index (κ1) is 21.2. The van der Waals surface area contributed by atoms with Crippen LogP contribution in [0.1, 0.15) is 25.8 Å². The van der Waals surface area contributed by atoms with Gasteiger partial charge in [-0.05, 0) is 36.1 Å². The Labute approximate surface area is 208 Å². The lowest BCUT2D eigenvalue weighted by Crippen LogP contribution is -2.49. The first-order chi connectivity index (χ1) is 17.6. The van der Waals surface area contributed by atoms with Crippen LogP contribution in [0.3, 0.4) is 0 Å². The number of piperidine rings is 1. The molecule has 5 heterocycles. The smallest absolute Gasteiger partial charge is 0.163 e. The van der Waals surface area contributed by atoms with E-state index in [1.807, 2.05) is 30.7 Å². The van der Waals surface area contributed by atoms with E-state index in [9.17, 15) is 0 Å². The highest BCUT2D eigenvalue weighted by molar-refractivity contribution is 6.12. The molecule has 0 bridgehead atoms. The fraction of sp³-hybridized carbons (Fsp3) is 0.241. The minimum atomic E-state index is 0.0826. The molecule has 7 rings (SSSR count). The number of allylic oxidation sites excluding steroid dienone is 4. The highest BCUT2D eigenvalue weighted by Crippen LogP contribution is 2.38. The lowest BCUT2D eigenvalue weighted by atomic mass is 9.80. The monoisotopic (exact) mass is 473 g/mol. The highest BCUT2D eigenvalue weighted by Gasteiger charge is 2.33. The van der Waals surface area contributed by atoms with E-state index in [1.165, 1.54) is 0 Å². The number of nitrogens with one attached hydrogen (secondary N) is 3. The predicted molar refractivity (Wildman–Crippen MR) is 146 cm³/mol. The first-order valence-corrected chi connectivity index (χ1v) is 12.5. The van der Waals surface area contributed by atoms with Crippen molar-refractivity contribution in [2.45, 2.75) is 26.3 Å². The third kappa shape index (κ3) is 3.31. The molecule has 0 amide bonds. The molecule has 0 radical (unpaired) electrons. The van der Waals surface area contributed by atoms with Gasteiger partial charge < -0.3 is 15.6 Å². The SMILES string of the molecule is CC1(C)CNCC[C@@H]1Nc1nc(-c2ccnc3[nH]c4ccccc4c23)nc2cncc(C3=CC=C3)c12. The van der Waals surface area contributed by atoms with E-state index in [2.05, 4.69) is 75.9 Å². The van der Waals surface area contributed by atoms with Crippen molar-refractivity contribution >= 4 is 44.2 Å². The highest BCUT2D eigenvalue weighted by atomic mass is 15.1. The second-order valence-electron chi connectivity index (χ2n) is 10.4. The second kappa shape index (κ2) is 7.96. The molecular formula is C29H27N7. The molecule has 0 spiro atoms. The van der Waals surface area contributed by atoms with Gasteiger partial charge in [0, 0.05) is 52.4 Å². The summed E-state index contributed by atoms with van der Waals surface area (Å²) >= 11 is 0. The number of aromatic nitrogens is 5. The predicted octanol–water partition coefficient (Wildman–Crippen LogP) is 5.47. The largest absolute Gasteiger partial charge is 0.366 e. The van der Waals surface area contributed by atoms with Gasteiger partial charge in [0.25, 0.3) is 0 Å². The van der Waals surface area contributed by atoms with E-state index >= 15 is 0 Å². The van der Waals surface area contributed by atoms with Gasteiger partial charge in [0.15, 0.2) is 5.82 Å². The van der Waals surface area contributed by atoms with Crippen LogP contribution in [0.15, 0.2) is 67.2 Å². The van der Waals surface area contributed by atoms with E-state index in [-0.39, 0.29) is 11.5 Å². The topological polar surface area (TPSA) is 91.4 Å². The number of para-hydroxylation sites is 1. The van der Waals surface area contributed by atoms with Crippen LogP contribution < -0.4 is 10.6 Å². The molecular weight excluding hydrogens is 446 g/mol. The summed E-state index contributed by atoms with van der Waals surface area (Å²) in [5.74, 6) is 1.53. The quantitative estimate of drug-likeness (QED) is 0.320. The van der Waals surface area contributed by atoms with Gasteiger partial charge in [-0.25, -0.2) is 15.0 Å². The molecule has 5 aromatic rings. The lowest BCUT2D eigenvalue weighted by Gasteiger charge is -2.40. The Morgan fingerprint density at radius 1 is 1.03 bits per heavy atom. The molecule has 7 nitrogen and oxygen atoms in total. The number of H-pyrrole nitrogens is 1. The Morgan fingerprint density at radius 2 is 1.92 bits per heavy atom. The number of fused-ring (bicyclic) bond motifs is 4. The van der Waals surface area contributed by atoms with Gasteiger partial charge >= 0.3 is 0 Å². The molecule has 178 valence electrons. The molecule has 1 atom stereocenters. The summed E-state index contributed by atoms with van der Waals surface area (Å²) < 4.78 is 0. The summed E-state index contributed by atoms with van der Waals surface area (Å²) in [4.78, 5) is 22.8. The fourth-order valence-electron chi connectivity index (χ4n) is 5.46. The van der Waals surface area contributed by atoms with Gasteiger partial charge in [-0.1, -0.05) is 50.3 Å². The number of pyridine rings is 2. The van der Waals surface area contributed by atoms with Gasteiger partial charge in [0.1, 0.15) is 11.5 Å². The zero-order chi connectivity index (χ0) is 24.3. The van der Waals surface area contributed by atoms with Crippen molar-refractivity contribution in [1.82, 2.24) is 30.2 Å². The summed E-state index contributed by atoms with van der Waals surface area (Å²) in [6, 6.07) is 10.6. The molecule has 1 aliphatic heterocycles. The second-order valence-corrected chi connectivity index (χ2v) is 10.4. The number of benzene rings is 1. The van der Waals surface area contributed by atoms with E-state index in [0.29, 0.717) is 5.82 Å². The van der Waals surface area contributed by atoms with Crippen LogP contribution in [0.25, 0.3) is 49.8 Å². The molecule has 1 fully saturated rings. The maximum absolute atomic E-state index is 5.21. The molecule has 0 unspecified atom stereocenters. The zero-order valence-electron chi connectivity index (χ0n) is 20.3. The van der Waals surface area contributed by atoms with Crippen LogP contribution in [-0.4, -0.2) is 44.1 Å². The Kier molecular flexibility index (Phi) is 4.69. The van der Waals surface area contributed by atoms with Gasteiger partial charge in [0.05, 0.1) is 17.1 Å². The maximum Gasteiger partial charge on any atom is 0.163 e. The molecule has 3 N–H and O–H groups in total. The van der Waals surface area contributed by atoms with E-state index in [1.54, 1.807) is 0 Å². The average molecular weight is 474 g/mol. The van der Waals surface area contributed by atoms with Crippen LogP contribution in [0.4, 0.5) is 5.82 Å².